The van der Waals surface area contributed by atoms with Gasteiger partial charge in [-0.25, -0.2) is 0 Å². The molecule has 302 valence electrons. The fourth-order valence-electron chi connectivity index (χ4n) is 8.52. The smallest absolute Gasteiger partial charge is 0.187 e. The zero-order valence-corrected chi connectivity index (χ0v) is 28.9. The Balaban J connectivity index is 1.13. The molecule has 19 nitrogen and oxygen atoms in total. The molecule has 6 rings (SSSR count). The molecule has 6 unspecified atom stereocenters. The lowest BCUT2D eigenvalue weighted by atomic mass is 9.73. The van der Waals surface area contributed by atoms with Crippen molar-refractivity contribution in [1.29, 1.82) is 0 Å². The average molecular weight is 757 g/mol. The van der Waals surface area contributed by atoms with E-state index in [0.717, 1.165) is 0 Å². The maximum Gasteiger partial charge on any atom is 0.187 e. The van der Waals surface area contributed by atoms with E-state index in [9.17, 15) is 61.3 Å². The number of fused-ring (bicyclic) bond motifs is 1. The Bertz CT molecular complexity index is 1130. The monoisotopic (exact) mass is 756 g/mol. The van der Waals surface area contributed by atoms with Crippen LogP contribution in [0.3, 0.4) is 0 Å². The molecule has 0 bridgehead atoms. The average Bonchev–Trinajstić information content (AvgIpc) is 3.12. The summed E-state index contributed by atoms with van der Waals surface area (Å²) in [6, 6.07) is 0. The van der Waals surface area contributed by atoms with Gasteiger partial charge in [-0.3, -0.25) is 0 Å². The van der Waals surface area contributed by atoms with E-state index in [4.69, 9.17) is 33.2 Å². The van der Waals surface area contributed by atoms with Gasteiger partial charge in [0.25, 0.3) is 0 Å². The van der Waals surface area contributed by atoms with Gasteiger partial charge < -0.3 is 94.4 Å². The molecule has 19 heteroatoms. The Morgan fingerprint density at radius 3 is 1.79 bits per heavy atom. The molecule has 2 aliphatic carbocycles. The third kappa shape index (κ3) is 8.48. The summed E-state index contributed by atoms with van der Waals surface area (Å²) >= 11 is 0. The van der Waals surface area contributed by atoms with Gasteiger partial charge in [0, 0.05) is 18.8 Å². The highest BCUT2D eigenvalue weighted by molar-refractivity contribution is 4.99. The summed E-state index contributed by atoms with van der Waals surface area (Å²) < 4.78 is 41.4. The van der Waals surface area contributed by atoms with Gasteiger partial charge in [0.2, 0.25) is 0 Å². The first-order valence-electron chi connectivity index (χ1n) is 18.3. The fourth-order valence-corrected chi connectivity index (χ4v) is 8.52. The molecule has 0 aromatic carbocycles. The number of ether oxygens (including phenoxy) is 7. The number of aliphatic hydroxyl groups excluding tert-OH is 12. The predicted octanol–water partition coefficient (Wildman–Crippen LogP) is -5.31. The molecule has 6 aliphatic rings. The molecule has 12 N–H and O–H groups in total. The normalized spacial score (nSPS) is 54.8. The lowest BCUT2D eigenvalue weighted by molar-refractivity contribution is -0.347. The molecule has 0 amide bonds. The Morgan fingerprint density at radius 2 is 1.13 bits per heavy atom. The first-order chi connectivity index (χ1) is 24.7. The van der Waals surface area contributed by atoms with Crippen molar-refractivity contribution in [2.24, 2.45) is 11.8 Å². The van der Waals surface area contributed by atoms with Gasteiger partial charge >= 0.3 is 0 Å². The highest BCUT2D eigenvalue weighted by atomic mass is 16.7. The molecule has 4 saturated heterocycles. The number of rotatable bonds is 9. The van der Waals surface area contributed by atoms with Crippen LogP contribution in [0.1, 0.15) is 51.9 Å². The quantitative estimate of drug-likeness (QED) is 0.105. The van der Waals surface area contributed by atoms with Crippen LogP contribution in [-0.2, 0) is 33.2 Å². The lowest BCUT2D eigenvalue weighted by Crippen LogP contribution is -2.63. The standard InChI is InChI=1S/C33H56O19/c1-11-21(37)24(40)27(43)31(47-11)46-10-20-23(39)26(42)29(45)33(52-20)50-18-8-15-16(36)6-14(48-32-28(44)25(41)22(38)19(9-34)51-32)7-17(15)49-30(18)12-2-4-13(35)5-3-12/h11-45H,2-10H2,1H3/t11-,12?,13?,14?,15?,16?,17?,18?,19+,20+,21-,22+,23+,24+,25-,26-,27+,28+,29+,30?,31+,32+,33+/m0/s1. The van der Waals surface area contributed by atoms with Crippen LogP contribution in [0.2, 0.25) is 0 Å². The summed E-state index contributed by atoms with van der Waals surface area (Å²) in [5, 5.41) is 125. The van der Waals surface area contributed by atoms with Gasteiger partial charge in [0.15, 0.2) is 18.9 Å². The number of hydrogen-bond acceptors (Lipinski definition) is 19. The summed E-state index contributed by atoms with van der Waals surface area (Å²) in [6.45, 7) is 0.385. The van der Waals surface area contributed by atoms with Crippen LogP contribution in [0.15, 0.2) is 0 Å². The Hall–Kier alpha value is -0.760. The van der Waals surface area contributed by atoms with E-state index in [1.165, 1.54) is 6.92 Å². The zero-order chi connectivity index (χ0) is 37.6. The number of aliphatic hydroxyl groups is 12. The van der Waals surface area contributed by atoms with Crippen LogP contribution >= 0.6 is 0 Å². The van der Waals surface area contributed by atoms with Crippen LogP contribution in [0.5, 0.6) is 0 Å². The van der Waals surface area contributed by atoms with Crippen LogP contribution in [-0.4, -0.2) is 203 Å². The second-order valence-corrected chi connectivity index (χ2v) is 15.3. The van der Waals surface area contributed by atoms with Crippen molar-refractivity contribution in [3.05, 3.63) is 0 Å². The Morgan fingerprint density at radius 1 is 0.558 bits per heavy atom. The molecule has 4 aliphatic heterocycles. The minimum atomic E-state index is -1.74. The van der Waals surface area contributed by atoms with Gasteiger partial charge in [-0.1, -0.05) is 0 Å². The Kier molecular flexibility index (Phi) is 13.5. The third-order valence-corrected chi connectivity index (χ3v) is 11.8. The summed E-state index contributed by atoms with van der Waals surface area (Å²) in [7, 11) is 0. The van der Waals surface area contributed by atoms with E-state index >= 15 is 0 Å². The summed E-state index contributed by atoms with van der Waals surface area (Å²) in [5.74, 6) is -0.600. The molecule has 0 radical (unpaired) electrons. The van der Waals surface area contributed by atoms with Crippen LogP contribution in [0.4, 0.5) is 0 Å². The van der Waals surface area contributed by atoms with Gasteiger partial charge in [-0.2, -0.15) is 0 Å². The van der Waals surface area contributed by atoms with Crippen LogP contribution in [0, 0.1) is 11.8 Å². The summed E-state index contributed by atoms with van der Waals surface area (Å²) in [5.41, 5.74) is 0. The van der Waals surface area contributed by atoms with Gasteiger partial charge in [0.05, 0.1) is 55.9 Å². The molecule has 0 aromatic heterocycles. The molecule has 52 heavy (non-hydrogen) atoms. The molecular formula is C33H56O19. The van der Waals surface area contributed by atoms with Crippen molar-refractivity contribution in [2.45, 2.75) is 181 Å². The molecular weight excluding hydrogens is 700 g/mol. The zero-order valence-electron chi connectivity index (χ0n) is 28.9. The second kappa shape index (κ2) is 17.2. The van der Waals surface area contributed by atoms with Crippen molar-refractivity contribution in [3.63, 3.8) is 0 Å². The highest BCUT2D eigenvalue weighted by Crippen LogP contribution is 2.44. The van der Waals surface area contributed by atoms with E-state index in [-0.39, 0.29) is 25.2 Å². The molecule has 21 atom stereocenters. The van der Waals surface area contributed by atoms with Crippen molar-refractivity contribution in [1.82, 2.24) is 0 Å². The van der Waals surface area contributed by atoms with Crippen LogP contribution < -0.4 is 0 Å². The molecule has 6 fully saturated rings. The van der Waals surface area contributed by atoms with E-state index in [0.29, 0.717) is 25.7 Å². The van der Waals surface area contributed by atoms with Gasteiger partial charge in [0.1, 0.15) is 67.1 Å². The minimum Gasteiger partial charge on any atom is -0.394 e. The SMILES string of the molecule is C[C@@H]1O[C@@H](OC[C@H]2O[C@@H](OC3CC4C(O)CC(O[C@@H]5O[C@H](CO)[C@@H](O)[C@H](O)[C@H]5O)CC4OC3C3CCC(O)CC3)[C@H](O)[C@@H](O)[C@@H]2O)[C@H](O)[C@H](O)[C@H]1O. The van der Waals surface area contributed by atoms with Crippen molar-refractivity contribution in [3.8, 4) is 0 Å². The first-order valence-corrected chi connectivity index (χ1v) is 18.3. The summed E-state index contributed by atoms with van der Waals surface area (Å²) in [4.78, 5) is 0. The summed E-state index contributed by atoms with van der Waals surface area (Å²) in [6.07, 6.45) is -23.5. The van der Waals surface area contributed by atoms with Crippen LogP contribution in [0.25, 0.3) is 0 Å². The maximum atomic E-state index is 11.3. The topological polar surface area (TPSA) is 307 Å². The van der Waals surface area contributed by atoms with Gasteiger partial charge in [-0.15, -0.1) is 0 Å². The third-order valence-electron chi connectivity index (χ3n) is 11.8. The molecule has 0 spiro atoms. The van der Waals surface area contributed by atoms with E-state index < -0.39 is 148 Å². The van der Waals surface area contributed by atoms with Crippen molar-refractivity contribution >= 4 is 0 Å². The van der Waals surface area contributed by atoms with E-state index in [2.05, 4.69) is 0 Å². The lowest BCUT2D eigenvalue weighted by Gasteiger charge is -2.51. The van der Waals surface area contributed by atoms with Gasteiger partial charge in [-0.05, 0) is 44.9 Å². The fraction of sp³-hybridized carbons (Fsp3) is 1.00. The molecule has 4 heterocycles. The number of hydrogen-bond donors (Lipinski definition) is 12. The second-order valence-electron chi connectivity index (χ2n) is 15.3. The largest absolute Gasteiger partial charge is 0.394 e. The molecule has 0 aromatic rings. The minimum absolute atomic E-state index is 0.0822. The van der Waals surface area contributed by atoms with Crippen molar-refractivity contribution < 1.29 is 94.4 Å². The highest BCUT2D eigenvalue weighted by Gasteiger charge is 2.53. The maximum absolute atomic E-state index is 11.3. The Labute approximate surface area is 300 Å². The first kappa shape index (κ1) is 40.9. The van der Waals surface area contributed by atoms with E-state index in [1.54, 1.807) is 0 Å². The van der Waals surface area contributed by atoms with Crippen molar-refractivity contribution in [2.75, 3.05) is 13.2 Å². The molecule has 2 saturated carbocycles. The predicted molar refractivity (Wildman–Crippen MR) is 168 cm³/mol. The van der Waals surface area contributed by atoms with E-state index in [1.807, 2.05) is 0 Å².